The summed E-state index contributed by atoms with van der Waals surface area (Å²) in [5, 5.41) is 5.82. The zero-order valence-corrected chi connectivity index (χ0v) is 14.2. The molecule has 2 heterocycles. The molecule has 0 saturated carbocycles. The number of carbonyl (C=O) groups excluding carboxylic acids is 2. The number of halogens is 3. The lowest BCUT2D eigenvalue weighted by Gasteiger charge is -2.05. The van der Waals surface area contributed by atoms with Gasteiger partial charge in [-0.2, -0.15) is 0 Å². The van der Waals surface area contributed by atoms with Gasteiger partial charge in [-0.05, 0) is 25.1 Å². The van der Waals surface area contributed by atoms with E-state index < -0.39 is 17.5 Å². The van der Waals surface area contributed by atoms with Gasteiger partial charge in [-0.25, -0.2) is 4.39 Å². The van der Waals surface area contributed by atoms with Crippen molar-refractivity contribution in [2.45, 2.75) is 6.92 Å². The topological polar surface area (TPSA) is 88.0 Å². The minimum Gasteiger partial charge on any atom is -0.356 e. The summed E-state index contributed by atoms with van der Waals surface area (Å²) in [4.78, 5) is 27.2. The van der Waals surface area contributed by atoms with Gasteiger partial charge in [-0.3, -0.25) is 14.9 Å². The third-order valence-corrected chi connectivity index (χ3v) is 3.93. The summed E-state index contributed by atoms with van der Waals surface area (Å²) in [6.07, 6.45) is 1.28. The molecule has 0 spiro atoms. The molecule has 25 heavy (non-hydrogen) atoms. The first-order chi connectivity index (χ1) is 11.9. The Morgan fingerprint density at radius 1 is 1.24 bits per heavy atom. The Morgan fingerprint density at radius 3 is 2.64 bits per heavy atom. The SMILES string of the molecule is Cc1cc(NC(=O)c2cc(C(=O)c3c(Cl)ccc(Cl)c3F)c[nH]2)on1. The van der Waals surface area contributed by atoms with Gasteiger partial charge >= 0.3 is 0 Å². The van der Waals surface area contributed by atoms with Crippen molar-refractivity contribution in [3.63, 3.8) is 0 Å². The molecule has 0 bridgehead atoms. The lowest BCUT2D eigenvalue weighted by molar-refractivity contribution is 0.101. The van der Waals surface area contributed by atoms with Crippen LogP contribution in [0.5, 0.6) is 0 Å². The first-order valence-electron chi connectivity index (χ1n) is 6.98. The van der Waals surface area contributed by atoms with Crippen LogP contribution in [0.15, 0.2) is 35.0 Å². The minimum absolute atomic E-state index is 0.0574. The number of hydrogen-bond acceptors (Lipinski definition) is 4. The number of ketones is 1. The molecule has 3 aromatic rings. The quantitative estimate of drug-likeness (QED) is 0.522. The average Bonchev–Trinajstić information content (AvgIpc) is 3.20. The Morgan fingerprint density at radius 2 is 1.96 bits per heavy atom. The summed E-state index contributed by atoms with van der Waals surface area (Å²) < 4.78 is 19.0. The maximum absolute atomic E-state index is 14.1. The molecule has 2 N–H and O–H groups in total. The Bertz CT molecular complexity index is 981. The molecule has 0 saturated heterocycles. The van der Waals surface area contributed by atoms with Crippen LogP contribution in [0.2, 0.25) is 10.0 Å². The van der Waals surface area contributed by atoms with Gasteiger partial charge in [-0.1, -0.05) is 28.4 Å². The van der Waals surface area contributed by atoms with Gasteiger partial charge in [0.25, 0.3) is 5.91 Å². The summed E-state index contributed by atoms with van der Waals surface area (Å²) in [6, 6.07) is 5.39. The number of anilines is 1. The number of carbonyl (C=O) groups is 2. The maximum atomic E-state index is 14.1. The van der Waals surface area contributed by atoms with E-state index in [1.807, 2.05) is 0 Å². The molecule has 2 aromatic heterocycles. The maximum Gasteiger partial charge on any atom is 0.274 e. The first-order valence-corrected chi connectivity index (χ1v) is 7.73. The van der Waals surface area contributed by atoms with Crippen LogP contribution in [0.25, 0.3) is 0 Å². The van der Waals surface area contributed by atoms with E-state index in [0.29, 0.717) is 5.69 Å². The number of nitrogens with one attached hydrogen (secondary N) is 2. The highest BCUT2D eigenvalue weighted by Crippen LogP contribution is 2.28. The van der Waals surface area contributed by atoms with Gasteiger partial charge in [0.15, 0.2) is 11.6 Å². The number of hydrogen-bond donors (Lipinski definition) is 2. The molecule has 0 atom stereocenters. The van der Waals surface area contributed by atoms with Crippen molar-refractivity contribution in [1.82, 2.24) is 10.1 Å². The van der Waals surface area contributed by atoms with Crippen molar-refractivity contribution in [3.05, 3.63) is 68.8 Å². The van der Waals surface area contributed by atoms with Crippen LogP contribution in [0, 0.1) is 12.7 Å². The lowest BCUT2D eigenvalue weighted by atomic mass is 10.0. The van der Waals surface area contributed by atoms with Crippen molar-refractivity contribution >= 4 is 40.8 Å². The molecular formula is C16H10Cl2FN3O3. The molecule has 1 aromatic carbocycles. The highest BCUT2D eigenvalue weighted by atomic mass is 35.5. The number of aromatic nitrogens is 2. The van der Waals surface area contributed by atoms with Crippen LogP contribution in [0.4, 0.5) is 10.3 Å². The molecule has 0 aliphatic heterocycles. The zero-order valence-electron chi connectivity index (χ0n) is 12.7. The van der Waals surface area contributed by atoms with Crippen LogP contribution in [-0.2, 0) is 0 Å². The van der Waals surface area contributed by atoms with Gasteiger partial charge in [0.05, 0.1) is 21.3 Å². The smallest absolute Gasteiger partial charge is 0.274 e. The highest BCUT2D eigenvalue weighted by Gasteiger charge is 2.22. The number of aromatic amines is 1. The van der Waals surface area contributed by atoms with E-state index in [9.17, 15) is 14.0 Å². The van der Waals surface area contributed by atoms with Crippen LogP contribution < -0.4 is 5.32 Å². The second-order valence-electron chi connectivity index (χ2n) is 5.14. The molecule has 0 fully saturated rings. The van der Waals surface area contributed by atoms with Crippen molar-refractivity contribution in [3.8, 4) is 0 Å². The highest BCUT2D eigenvalue weighted by molar-refractivity contribution is 6.37. The fraction of sp³-hybridized carbons (Fsp3) is 0.0625. The predicted molar refractivity (Wildman–Crippen MR) is 89.8 cm³/mol. The fourth-order valence-corrected chi connectivity index (χ4v) is 2.53. The molecule has 0 aliphatic carbocycles. The monoisotopic (exact) mass is 381 g/mol. The number of nitrogens with zero attached hydrogens (tertiary/aromatic N) is 1. The first kappa shape index (κ1) is 17.2. The van der Waals surface area contributed by atoms with E-state index in [1.54, 1.807) is 6.92 Å². The molecular weight excluding hydrogens is 372 g/mol. The number of aryl methyl sites for hydroxylation is 1. The minimum atomic E-state index is -0.913. The Labute approximate surface area is 150 Å². The van der Waals surface area contributed by atoms with Crippen LogP contribution in [0.3, 0.4) is 0 Å². The lowest BCUT2D eigenvalue weighted by Crippen LogP contribution is -2.11. The number of benzene rings is 1. The second-order valence-corrected chi connectivity index (χ2v) is 5.95. The zero-order chi connectivity index (χ0) is 18.1. The van der Waals surface area contributed by atoms with E-state index in [1.165, 1.54) is 30.5 Å². The van der Waals surface area contributed by atoms with Crippen molar-refractivity contribution in [2.75, 3.05) is 5.32 Å². The largest absolute Gasteiger partial charge is 0.356 e. The third kappa shape index (κ3) is 3.42. The van der Waals surface area contributed by atoms with Crippen molar-refractivity contribution in [2.24, 2.45) is 0 Å². The molecule has 6 nitrogen and oxygen atoms in total. The van der Waals surface area contributed by atoms with Crippen molar-refractivity contribution < 1.29 is 18.5 Å². The van der Waals surface area contributed by atoms with Gasteiger partial charge in [0.2, 0.25) is 5.88 Å². The summed E-state index contributed by atoms with van der Waals surface area (Å²) in [5.74, 6) is -2.00. The molecule has 0 aliphatic rings. The van der Waals surface area contributed by atoms with Gasteiger partial charge < -0.3 is 9.51 Å². The molecule has 0 radical (unpaired) electrons. The summed E-state index contributed by atoms with van der Waals surface area (Å²) in [5.41, 5.74) is 0.382. The van der Waals surface area contributed by atoms with E-state index in [4.69, 9.17) is 27.7 Å². The summed E-state index contributed by atoms with van der Waals surface area (Å²) in [7, 11) is 0. The second kappa shape index (κ2) is 6.70. The van der Waals surface area contributed by atoms with Crippen LogP contribution >= 0.6 is 23.2 Å². The van der Waals surface area contributed by atoms with E-state index in [2.05, 4.69) is 15.5 Å². The molecule has 1 amide bonds. The summed E-state index contributed by atoms with van der Waals surface area (Å²) >= 11 is 11.6. The Kier molecular flexibility index (Phi) is 4.61. The molecule has 3 rings (SSSR count). The third-order valence-electron chi connectivity index (χ3n) is 3.33. The molecule has 128 valence electrons. The van der Waals surface area contributed by atoms with Gasteiger partial charge in [0.1, 0.15) is 5.69 Å². The van der Waals surface area contributed by atoms with E-state index in [0.717, 1.165) is 0 Å². The Balaban J connectivity index is 1.85. The number of rotatable bonds is 4. The molecule has 9 heteroatoms. The average molecular weight is 382 g/mol. The van der Waals surface area contributed by atoms with Crippen molar-refractivity contribution in [1.29, 1.82) is 0 Å². The predicted octanol–water partition coefficient (Wildman–Crippen LogP) is 4.24. The van der Waals surface area contributed by atoms with E-state index in [-0.39, 0.29) is 32.8 Å². The molecule has 0 unspecified atom stereocenters. The normalized spacial score (nSPS) is 10.7. The number of amides is 1. The standard InChI is InChI=1S/C16H10Cl2FN3O3/c1-7-4-12(25-22-7)21-16(24)11-5-8(6-20-11)15(23)13-9(17)2-3-10(18)14(13)19/h2-6,20H,1H3,(H,21,24). The van der Waals surface area contributed by atoms with Crippen LogP contribution in [0.1, 0.15) is 32.1 Å². The summed E-state index contributed by atoms with van der Waals surface area (Å²) in [6.45, 7) is 1.70. The van der Waals surface area contributed by atoms with E-state index >= 15 is 0 Å². The van der Waals surface area contributed by atoms with Crippen LogP contribution in [-0.4, -0.2) is 21.8 Å². The van der Waals surface area contributed by atoms with Gasteiger partial charge in [0, 0.05) is 17.8 Å². The van der Waals surface area contributed by atoms with Gasteiger partial charge in [-0.15, -0.1) is 0 Å². The Hall–Kier alpha value is -2.64. The fourth-order valence-electron chi connectivity index (χ4n) is 2.14. The number of H-pyrrole nitrogens is 1.